The minimum atomic E-state index is -0.914. The summed E-state index contributed by atoms with van der Waals surface area (Å²) in [5, 5.41) is 1.96. The van der Waals surface area contributed by atoms with Gasteiger partial charge in [0.25, 0.3) is 0 Å². The predicted molar refractivity (Wildman–Crippen MR) is 280 cm³/mol. The summed E-state index contributed by atoms with van der Waals surface area (Å²) in [7, 11) is 0. The third-order valence-electron chi connectivity index (χ3n) is 9.68. The average Bonchev–Trinajstić information content (AvgIpc) is 3.26. The van der Waals surface area contributed by atoms with Crippen LogP contribution in [0.2, 0.25) is 0 Å². The molecule has 8 nitrogen and oxygen atoms in total. The molecule has 0 saturated heterocycles. The van der Waals surface area contributed by atoms with Crippen LogP contribution in [0.4, 0.5) is 0 Å². The number of nitrogens with zero attached hydrogens (tertiary/aromatic N) is 4. The maximum atomic E-state index is 12.8. The van der Waals surface area contributed by atoms with Gasteiger partial charge in [0.2, 0.25) is 0 Å². The van der Waals surface area contributed by atoms with Crippen LogP contribution < -0.4 is 22.2 Å². The normalized spacial score (nSPS) is 14.0. The number of hydrogen-bond donors (Lipinski definition) is 0. The van der Waals surface area contributed by atoms with E-state index in [-0.39, 0.29) is 160 Å². The molecule has 0 aliphatic rings. The molecule has 0 spiro atoms. The number of fused-ring (bicyclic) bond motifs is 4. The van der Waals surface area contributed by atoms with Crippen LogP contribution in [0.1, 0.15) is 37.3 Å². The molecule has 330 valence electrons. The number of para-hydroxylation sites is 1. The van der Waals surface area contributed by atoms with Crippen molar-refractivity contribution in [1.82, 2.24) is 14.2 Å². The number of benzene rings is 8. The fourth-order valence-corrected chi connectivity index (χ4v) is 14.3. The summed E-state index contributed by atoms with van der Waals surface area (Å²) in [5.41, 5.74) is 2.15. The molecule has 4 heterocycles. The Labute approximate surface area is 431 Å². The summed E-state index contributed by atoms with van der Waals surface area (Å²) >= 11 is -1.38. The molecular weight excluding hydrogens is 1100 g/mol. The zero-order valence-corrected chi connectivity index (χ0v) is 42.3. The fraction of sp³-hybridized carbons (Fsp3) is 0.0545. The van der Waals surface area contributed by atoms with Crippen molar-refractivity contribution in [3.05, 3.63) is 258 Å². The Bertz CT molecular complexity index is 4730. The molecule has 0 saturated carbocycles. The van der Waals surface area contributed by atoms with Crippen LogP contribution in [0.25, 0.3) is 61.3 Å². The molecular formula is C55H42N4O4Se4. The Morgan fingerprint density at radius 2 is 0.672 bits per heavy atom. The van der Waals surface area contributed by atoms with E-state index in [4.69, 9.17) is 20.6 Å². The fourth-order valence-electron chi connectivity index (χ4n) is 6.35. The molecule has 0 radical (unpaired) electrons. The van der Waals surface area contributed by atoms with E-state index in [0.717, 1.165) is 23.2 Å². The third-order valence-corrected chi connectivity index (χ3v) is 18.8. The first-order valence-corrected chi connectivity index (χ1v) is 26.6. The van der Waals surface area contributed by atoms with Crippen LogP contribution in [0, 0.1) is 20.8 Å². The van der Waals surface area contributed by atoms with Gasteiger partial charge in [-0.15, -0.1) is 0 Å². The minimum absolute atomic E-state index is 0.0259. The van der Waals surface area contributed by atoms with Crippen molar-refractivity contribution >= 4 is 97.5 Å². The zero-order chi connectivity index (χ0) is 59.5. The summed E-state index contributed by atoms with van der Waals surface area (Å²) < 4.78 is 127. The molecule has 0 fully saturated rings. The zero-order valence-electron chi connectivity index (χ0n) is 50.4. The van der Waals surface area contributed by atoms with E-state index in [1.807, 2.05) is 82.4 Å². The monoisotopic (exact) mass is 1160 g/mol. The van der Waals surface area contributed by atoms with Crippen molar-refractivity contribution in [2.75, 3.05) is 0 Å². The van der Waals surface area contributed by atoms with Crippen LogP contribution in [0.15, 0.2) is 219 Å². The first-order valence-electron chi connectivity index (χ1n) is 27.6. The quantitative estimate of drug-likeness (QED) is 0.165. The van der Waals surface area contributed by atoms with E-state index in [0.29, 0.717) is 22.0 Å². The second-order valence-corrected chi connectivity index (χ2v) is 22.6. The number of aryl methyl sites for hydroxylation is 1. The summed E-state index contributed by atoms with van der Waals surface area (Å²) in [6, 6.07) is 30.0. The van der Waals surface area contributed by atoms with Crippen molar-refractivity contribution in [2.24, 2.45) is 0 Å². The molecule has 12 rings (SSSR count). The van der Waals surface area contributed by atoms with Gasteiger partial charge in [0.1, 0.15) is 0 Å². The van der Waals surface area contributed by atoms with Crippen molar-refractivity contribution in [3.63, 3.8) is 0 Å². The standard InChI is InChI=1S/3C14H11NOSe.C13H9NOSe/c3*1-10-6-8-11(9-7-10)15-14(16)12-4-2-3-5-13(12)17-15;15-13-11-8-4-5-9-12(11)16-14(13)10-6-2-1-3-7-10/h3*2-9H,1H3;1-9H/i2D,3D,4D,5D,6D,7D,8D,9D;6D,7D,8D,9D;;1D,2D,3D. The van der Waals surface area contributed by atoms with E-state index in [1.54, 1.807) is 28.7 Å². The second-order valence-electron chi connectivity index (χ2n) is 14.4. The third kappa shape index (κ3) is 10.2. The van der Waals surface area contributed by atoms with Gasteiger partial charge in [0.05, 0.1) is 0 Å². The van der Waals surface area contributed by atoms with Gasteiger partial charge in [-0.3, -0.25) is 0 Å². The molecule has 0 unspecified atom stereocenters. The molecule has 8 aromatic carbocycles. The summed E-state index contributed by atoms with van der Waals surface area (Å²) in [4.78, 5) is 49.7. The van der Waals surface area contributed by atoms with Gasteiger partial charge in [-0.2, -0.15) is 0 Å². The Hall–Kier alpha value is -6.28. The summed E-state index contributed by atoms with van der Waals surface area (Å²) in [5.74, 6) is 0. The van der Waals surface area contributed by atoms with Crippen LogP contribution in [0.3, 0.4) is 0 Å². The first-order chi connectivity index (χ1) is 38.8. The Balaban J connectivity index is 0.000000133. The Morgan fingerprint density at radius 1 is 0.313 bits per heavy atom. The van der Waals surface area contributed by atoms with Crippen LogP contribution in [-0.2, 0) is 0 Å². The van der Waals surface area contributed by atoms with Crippen LogP contribution >= 0.6 is 0 Å². The van der Waals surface area contributed by atoms with Crippen molar-refractivity contribution < 1.29 is 20.6 Å². The molecule has 67 heavy (non-hydrogen) atoms. The maximum absolute atomic E-state index is 12.8. The van der Waals surface area contributed by atoms with E-state index in [2.05, 4.69) is 6.92 Å². The van der Waals surface area contributed by atoms with Gasteiger partial charge in [-0.05, 0) is 0 Å². The van der Waals surface area contributed by atoms with Gasteiger partial charge < -0.3 is 0 Å². The molecule has 4 aromatic heterocycles. The van der Waals surface area contributed by atoms with Crippen molar-refractivity contribution in [1.29, 1.82) is 0 Å². The SMILES string of the molecule is Cc1ccc(-n2[se]c3ccccc3c2=O)cc1.[2H]c1c([2H])c(-n2[se]c3c([2H])c([2H])c([2H])c([2H])c3c2=O)c([2H])c([2H])c1C.[2H]c1c([2H])c(-n2[se]c3ccccc3c2=O)c([2H])c([2H])c1C.[2H]c1cc(-n2[se]c3ccccc3c2=O)cc([2H])c1[2H]. The van der Waals surface area contributed by atoms with Crippen molar-refractivity contribution in [3.8, 4) is 22.7 Å². The van der Waals surface area contributed by atoms with E-state index < -0.39 is 38.4 Å². The van der Waals surface area contributed by atoms with E-state index in [9.17, 15) is 19.2 Å². The van der Waals surface area contributed by atoms with Gasteiger partial charge >= 0.3 is 434 Å². The van der Waals surface area contributed by atoms with Gasteiger partial charge in [-0.25, -0.2) is 0 Å². The number of hydrogen-bond acceptors (Lipinski definition) is 4. The Kier molecular flexibility index (Phi) is 9.55. The number of rotatable bonds is 4. The molecule has 0 aliphatic heterocycles. The van der Waals surface area contributed by atoms with Gasteiger partial charge in [0, 0.05) is 0 Å². The van der Waals surface area contributed by atoms with E-state index >= 15 is 0 Å². The van der Waals surface area contributed by atoms with Gasteiger partial charge in [-0.1, -0.05) is 0 Å². The van der Waals surface area contributed by atoms with Crippen molar-refractivity contribution in [2.45, 2.75) is 20.8 Å². The van der Waals surface area contributed by atoms with Crippen LogP contribution in [0.5, 0.6) is 0 Å². The molecule has 0 aliphatic carbocycles. The average molecular weight is 1150 g/mol. The molecule has 0 atom stereocenters. The topological polar surface area (TPSA) is 88.0 Å². The summed E-state index contributed by atoms with van der Waals surface area (Å²) in [6.07, 6.45) is 0. The van der Waals surface area contributed by atoms with Crippen LogP contribution in [-0.4, -0.2) is 73.2 Å². The molecule has 12 heteroatoms. The first kappa shape index (κ1) is 30.9. The van der Waals surface area contributed by atoms with Gasteiger partial charge in [0.15, 0.2) is 0 Å². The summed E-state index contributed by atoms with van der Waals surface area (Å²) in [6.45, 7) is 5.06. The second kappa shape index (κ2) is 20.7. The van der Waals surface area contributed by atoms with E-state index in [1.165, 1.54) is 32.4 Å². The predicted octanol–water partition coefficient (Wildman–Crippen LogP) is 9.12. The molecule has 0 bridgehead atoms. The molecule has 0 N–H and O–H groups in total. The number of aromatic nitrogens is 4. The molecule has 12 aromatic rings. The molecule has 0 amide bonds. The Morgan fingerprint density at radius 3 is 1.10 bits per heavy atom.